The van der Waals surface area contributed by atoms with Crippen molar-refractivity contribution in [2.75, 3.05) is 38.5 Å². The maximum atomic E-state index is 12.8. The van der Waals surface area contributed by atoms with E-state index in [-0.39, 0.29) is 48.7 Å². The van der Waals surface area contributed by atoms with E-state index in [1.807, 2.05) is 51.1 Å². The molecule has 2 unspecified atom stereocenters. The van der Waals surface area contributed by atoms with E-state index in [1.165, 1.54) is 4.31 Å². The Labute approximate surface area is 174 Å². The molecule has 2 N–H and O–H groups in total. The van der Waals surface area contributed by atoms with E-state index in [0.29, 0.717) is 26.2 Å². The van der Waals surface area contributed by atoms with Gasteiger partial charge in [-0.15, -0.1) is 12.4 Å². The maximum Gasteiger partial charge on any atom is 0.227 e. The number of benzene rings is 1. The van der Waals surface area contributed by atoms with Gasteiger partial charge in [-0.25, -0.2) is 8.42 Å². The molecule has 1 fully saturated rings. The number of sulfonamides is 1. The number of carbonyl (C=O) groups is 1. The van der Waals surface area contributed by atoms with Gasteiger partial charge < -0.3 is 15.4 Å². The Balaban J connectivity index is 0.00000392. The third-order valence-corrected chi connectivity index (χ3v) is 6.68. The molecule has 28 heavy (non-hydrogen) atoms. The lowest BCUT2D eigenvalue weighted by Gasteiger charge is -2.36. The Morgan fingerprint density at radius 1 is 1.11 bits per heavy atom. The topological polar surface area (TPSA) is 92.9 Å². The van der Waals surface area contributed by atoms with Crippen molar-refractivity contribution in [1.82, 2.24) is 9.21 Å². The highest BCUT2D eigenvalue weighted by Gasteiger charge is 2.32. The standard InChI is InChI=1S/C19H31N3O4S.ClH/c1-15(2)26-13-14-27(24,25)22-11-9-21(10-12-22)19(23)16(3)18(20)17-7-5-4-6-8-17;/h4-8,15-16,18H,9-14,20H2,1-3H3;1H. The first-order valence-corrected chi connectivity index (χ1v) is 11.0. The molecular weight excluding hydrogens is 402 g/mol. The highest BCUT2D eigenvalue weighted by Crippen LogP contribution is 2.22. The van der Waals surface area contributed by atoms with E-state index in [0.717, 1.165) is 5.56 Å². The van der Waals surface area contributed by atoms with Crippen LogP contribution >= 0.6 is 12.4 Å². The largest absolute Gasteiger partial charge is 0.378 e. The molecule has 7 nitrogen and oxygen atoms in total. The van der Waals surface area contributed by atoms with E-state index in [4.69, 9.17) is 10.5 Å². The zero-order chi connectivity index (χ0) is 20.0. The fraction of sp³-hybridized carbons (Fsp3) is 0.632. The summed E-state index contributed by atoms with van der Waals surface area (Å²) in [6.45, 7) is 7.14. The number of nitrogens with two attached hydrogens (primary N) is 1. The fourth-order valence-corrected chi connectivity index (χ4v) is 4.40. The number of halogens is 1. The second kappa shape index (κ2) is 11.1. The first-order chi connectivity index (χ1) is 12.7. The molecule has 0 saturated carbocycles. The number of nitrogens with zero attached hydrogens (tertiary/aromatic N) is 2. The Bertz CT molecular complexity index is 707. The molecule has 1 saturated heterocycles. The molecule has 1 heterocycles. The number of amides is 1. The van der Waals surface area contributed by atoms with Gasteiger partial charge >= 0.3 is 0 Å². The van der Waals surface area contributed by atoms with Gasteiger partial charge in [0, 0.05) is 32.2 Å². The van der Waals surface area contributed by atoms with Gasteiger partial charge in [0.05, 0.1) is 24.4 Å². The van der Waals surface area contributed by atoms with Gasteiger partial charge in [-0.3, -0.25) is 4.79 Å². The van der Waals surface area contributed by atoms with Gasteiger partial charge in [0.1, 0.15) is 0 Å². The molecule has 1 aliphatic heterocycles. The summed E-state index contributed by atoms with van der Waals surface area (Å²) in [5, 5.41) is 0. The van der Waals surface area contributed by atoms with Crippen LogP contribution in [0.3, 0.4) is 0 Å². The minimum Gasteiger partial charge on any atom is -0.378 e. The molecule has 0 bridgehead atoms. The summed E-state index contributed by atoms with van der Waals surface area (Å²) < 4.78 is 31.6. The average Bonchev–Trinajstić information content (AvgIpc) is 2.66. The van der Waals surface area contributed by atoms with E-state index < -0.39 is 10.0 Å². The van der Waals surface area contributed by atoms with Gasteiger partial charge in [0.25, 0.3) is 0 Å². The van der Waals surface area contributed by atoms with Crippen molar-refractivity contribution in [2.24, 2.45) is 11.7 Å². The fourth-order valence-electron chi connectivity index (χ4n) is 3.11. The van der Waals surface area contributed by atoms with Crippen molar-refractivity contribution >= 4 is 28.3 Å². The number of ether oxygens (including phenoxy) is 1. The van der Waals surface area contributed by atoms with Crippen LogP contribution in [0.5, 0.6) is 0 Å². The van der Waals surface area contributed by atoms with Crippen molar-refractivity contribution in [1.29, 1.82) is 0 Å². The van der Waals surface area contributed by atoms with E-state index in [1.54, 1.807) is 4.90 Å². The summed E-state index contributed by atoms with van der Waals surface area (Å²) in [5.41, 5.74) is 7.18. The SMILES string of the molecule is CC(C)OCCS(=O)(=O)N1CCN(C(=O)C(C)C(N)c2ccccc2)CC1.Cl. The summed E-state index contributed by atoms with van der Waals surface area (Å²) in [6, 6.07) is 9.16. The second-order valence-corrected chi connectivity index (χ2v) is 9.27. The predicted octanol–water partition coefficient (Wildman–Crippen LogP) is 1.64. The zero-order valence-corrected chi connectivity index (χ0v) is 18.4. The first-order valence-electron chi connectivity index (χ1n) is 9.41. The van der Waals surface area contributed by atoms with Crippen molar-refractivity contribution in [3.8, 4) is 0 Å². The lowest BCUT2D eigenvalue weighted by molar-refractivity contribution is -0.136. The molecule has 2 atom stereocenters. The molecular formula is C19H32ClN3O4S. The van der Waals surface area contributed by atoms with Crippen LogP contribution in [0.25, 0.3) is 0 Å². The average molecular weight is 434 g/mol. The molecule has 1 aromatic rings. The normalized spacial score (nSPS) is 17.8. The van der Waals surface area contributed by atoms with Gasteiger partial charge in [-0.05, 0) is 19.4 Å². The van der Waals surface area contributed by atoms with E-state index >= 15 is 0 Å². The van der Waals surface area contributed by atoms with Crippen LogP contribution in [0.2, 0.25) is 0 Å². The Hall–Kier alpha value is -1.19. The molecule has 0 radical (unpaired) electrons. The lowest BCUT2D eigenvalue weighted by atomic mass is 9.94. The summed E-state index contributed by atoms with van der Waals surface area (Å²) >= 11 is 0. The molecule has 0 spiro atoms. The minimum atomic E-state index is -3.36. The number of rotatable bonds is 8. The number of hydrogen-bond acceptors (Lipinski definition) is 5. The van der Waals surface area contributed by atoms with Crippen LogP contribution < -0.4 is 5.73 Å². The lowest BCUT2D eigenvalue weighted by Crippen LogP contribution is -2.53. The third-order valence-electron chi connectivity index (χ3n) is 4.85. The molecule has 0 aliphatic carbocycles. The highest BCUT2D eigenvalue weighted by molar-refractivity contribution is 7.89. The van der Waals surface area contributed by atoms with Crippen molar-refractivity contribution in [3.05, 3.63) is 35.9 Å². The number of piperazine rings is 1. The maximum absolute atomic E-state index is 12.8. The molecule has 1 amide bonds. The van der Waals surface area contributed by atoms with Crippen LogP contribution in [0, 0.1) is 5.92 Å². The van der Waals surface area contributed by atoms with Gasteiger partial charge in [-0.1, -0.05) is 37.3 Å². The molecule has 9 heteroatoms. The van der Waals surface area contributed by atoms with Crippen LogP contribution in [0.15, 0.2) is 30.3 Å². The van der Waals surface area contributed by atoms with Crippen LogP contribution in [0.1, 0.15) is 32.4 Å². The van der Waals surface area contributed by atoms with E-state index in [2.05, 4.69) is 0 Å². The summed E-state index contributed by atoms with van der Waals surface area (Å²) in [4.78, 5) is 14.5. The van der Waals surface area contributed by atoms with Crippen molar-refractivity contribution in [2.45, 2.75) is 32.9 Å². The zero-order valence-electron chi connectivity index (χ0n) is 16.8. The highest BCUT2D eigenvalue weighted by atomic mass is 35.5. The van der Waals surface area contributed by atoms with Gasteiger partial charge in [0.2, 0.25) is 15.9 Å². The number of hydrogen-bond donors (Lipinski definition) is 1. The first kappa shape index (κ1) is 24.8. The Morgan fingerprint density at radius 2 is 1.68 bits per heavy atom. The van der Waals surface area contributed by atoms with Crippen LogP contribution in [-0.4, -0.2) is 68.2 Å². The molecule has 1 aliphatic rings. The molecule has 160 valence electrons. The summed E-state index contributed by atoms with van der Waals surface area (Å²) in [7, 11) is -3.36. The van der Waals surface area contributed by atoms with Crippen LogP contribution in [0.4, 0.5) is 0 Å². The summed E-state index contributed by atoms with van der Waals surface area (Å²) in [6.07, 6.45) is 0.00461. The monoisotopic (exact) mass is 433 g/mol. The Kier molecular flexibility index (Phi) is 9.86. The van der Waals surface area contributed by atoms with Crippen molar-refractivity contribution in [3.63, 3.8) is 0 Å². The second-order valence-electron chi connectivity index (χ2n) is 7.19. The van der Waals surface area contributed by atoms with Crippen molar-refractivity contribution < 1.29 is 17.9 Å². The van der Waals surface area contributed by atoms with Gasteiger partial charge in [0.15, 0.2) is 0 Å². The van der Waals surface area contributed by atoms with Gasteiger partial charge in [-0.2, -0.15) is 4.31 Å². The molecule has 1 aromatic carbocycles. The number of carbonyl (C=O) groups excluding carboxylic acids is 1. The minimum absolute atomic E-state index is 0. The Morgan fingerprint density at radius 3 is 2.21 bits per heavy atom. The molecule has 0 aromatic heterocycles. The van der Waals surface area contributed by atoms with E-state index in [9.17, 15) is 13.2 Å². The van der Waals surface area contributed by atoms with Crippen LogP contribution in [-0.2, 0) is 19.6 Å². The predicted molar refractivity (Wildman–Crippen MR) is 113 cm³/mol. The molecule has 2 rings (SSSR count). The summed E-state index contributed by atoms with van der Waals surface area (Å²) in [5.74, 6) is -0.435. The third kappa shape index (κ3) is 6.70. The smallest absolute Gasteiger partial charge is 0.227 e. The quantitative estimate of drug-likeness (QED) is 0.672.